The van der Waals surface area contributed by atoms with Crippen molar-refractivity contribution in [2.75, 3.05) is 19.1 Å². The van der Waals surface area contributed by atoms with Crippen LogP contribution in [0.2, 0.25) is 0 Å². The van der Waals surface area contributed by atoms with Crippen molar-refractivity contribution in [1.82, 2.24) is 9.88 Å². The summed E-state index contributed by atoms with van der Waals surface area (Å²) in [4.78, 5) is 18.0. The molecule has 0 fully saturated rings. The Labute approximate surface area is 113 Å². The van der Waals surface area contributed by atoms with Crippen molar-refractivity contribution in [2.45, 2.75) is 25.9 Å². The average Bonchev–Trinajstić information content (AvgIpc) is 2.35. The molecular weight excluding hydrogens is 246 g/mol. The molecule has 0 spiro atoms. The highest BCUT2D eigenvalue weighted by Crippen LogP contribution is 2.05. The van der Waals surface area contributed by atoms with E-state index in [1.807, 2.05) is 31.4 Å². The fourth-order valence-corrected chi connectivity index (χ4v) is 2.15. The molecule has 100 valence electrons. The fourth-order valence-electron chi connectivity index (χ4n) is 1.66. The van der Waals surface area contributed by atoms with Crippen molar-refractivity contribution in [2.24, 2.45) is 5.73 Å². The molecule has 0 aliphatic carbocycles. The predicted octanol–water partition coefficient (Wildman–Crippen LogP) is 1.43. The van der Waals surface area contributed by atoms with Crippen LogP contribution in [0.15, 0.2) is 18.2 Å². The number of pyridine rings is 1. The van der Waals surface area contributed by atoms with E-state index in [4.69, 9.17) is 5.73 Å². The average molecular weight is 267 g/mol. The van der Waals surface area contributed by atoms with Gasteiger partial charge in [0.25, 0.3) is 0 Å². The van der Waals surface area contributed by atoms with Crippen molar-refractivity contribution in [3.05, 3.63) is 29.6 Å². The third-order valence-electron chi connectivity index (χ3n) is 2.67. The summed E-state index contributed by atoms with van der Waals surface area (Å²) in [6.07, 6.45) is 2.73. The number of hydrogen-bond acceptors (Lipinski definition) is 4. The molecule has 1 heterocycles. The minimum absolute atomic E-state index is 0.0210. The number of likely N-dealkylation sites (N-methyl/N-ethyl adjacent to an activating group) is 1. The van der Waals surface area contributed by atoms with Gasteiger partial charge in [0.2, 0.25) is 5.91 Å². The van der Waals surface area contributed by atoms with Crippen LogP contribution in [0.3, 0.4) is 0 Å². The van der Waals surface area contributed by atoms with Gasteiger partial charge in [0, 0.05) is 12.7 Å². The molecule has 5 heteroatoms. The second-order valence-corrected chi connectivity index (χ2v) is 5.34. The number of hydrogen-bond donors (Lipinski definition) is 1. The van der Waals surface area contributed by atoms with Gasteiger partial charge in [0.05, 0.1) is 18.3 Å². The van der Waals surface area contributed by atoms with Crippen molar-refractivity contribution < 1.29 is 4.79 Å². The number of carbonyl (C=O) groups is 1. The minimum atomic E-state index is -0.410. The van der Waals surface area contributed by atoms with Crippen LogP contribution >= 0.6 is 11.8 Å². The maximum Gasteiger partial charge on any atom is 0.239 e. The molecule has 0 bridgehead atoms. The minimum Gasteiger partial charge on any atom is -0.339 e. The lowest BCUT2D eigenvalue weighted by Crippen LogP contribution is -2.41. The van der Waals surface area contributed by atoms with Gasteiger partial charge in [-0.15, -0.1) is 0 Å². The monoisotopic (exact) mass is 267 g/mol. The number of aromatic nitrogens is 1. The number of amides is 1. The van der Waals surface area contributed by atoms with E-state index in [1.54, 1.807) is 23.7 Å². The zero-order valence-electron chi connectivity index (χ0n) is 11.2. The molecule has 1 amide bonds. The molecule has 4 nitrogen and oxygen atoms in total. The molecule has 0 unspecified atom stereocenters. The summed E-state index contributed by atoms with van der Waals surface area (Å²) in [6.45, 7) is 2.45. The Morgan fingerprint density at radius 1 is 1.56 bits per heavy atom. The Morgan fingerprint density at radius 2 is 2.28 bits per heavy atom. The molecule has 1 aromatic heterocycles. The second-order valence-electron chi connectivity index (χ2n) is 4.35. The first-order chi connectivity index (χ1) is 8.54. The molecule has 18 heavy (non-hydrogen) atoms. The first kappa shape index (κ1) is 15.0. The second kappa shape index (κ2) is 7.38. The predicted molar refractivity (Wildman–Crippen MR) is 76.4 cm³/mol. The molecule has 1 atom stereocenters. The molecule has 0 aliphatic heterocycles. The van der Waals surface area contributed by atoms with E-state index in [0.29, 0.717) is 13.0 Å². The van der Waals surface area contributed by atoms with Crippen LogP contribution in [0.5, 0.6) is 0 Å². The summed E-state index contributed by atoms with van der Waals surface area (Å²) in [5.41, 5.74) is 7.71. The molecule has 2 N–H and O–H groups in total. The molecular formula is C13H21N3OS. The van der Waals surface area contributed by atoms with Crippen LogP contribution < -0.4 is 5.73 Å². The smallest absolute Gasteiger partial charge is 0.239 e. The molecule has 1 aromatic rings. The first-order valence-corrected chi connectivity index (χ1v) is 7.36. The quantitative estimate of drug-likeness (QED) is 0.847. The highest BCUT2D eigenvalue weighted by atomic mass is 32.2. The fraction of sp³-hybridized carbons (Fsp3) is 0.538. The molecule has 0 saturated carbocycles. The summed E-state index contributed by atoms with van der Waals surface area (Å²) >= 11 is 1.70. The normalized spacial score (nSPS) is 12.2. The number of aryl methyl sites for hydroxylation is 1. The maximum atomic E-state index is 12.0. The number of carbonyl (C=O) groups excluding carboxylic acids is 1. The lowest BCUT2D eigenvalue weighted by Gasteiger charge is -2.21. The zero-order valence-corrected chi connectivity index (χ0v) is 12.0. The number of rotatable bonds is 6. The Kier molecular flexibility index (Phi) is 6.15. The summed E-state index contributed by atoms with van der Waals surface area (Å²) in [5.74, 6) is 0.885. The van der Waals surface area contributed by atoms with Gasteiger partial charge in [0.15, 0.2) is 0 Å². The number of thioether (sulfide) groups is 1. The van der Waals surface area contributed by atoms with E-state index < -0.39 is 6.04 Å². The zero-order chi connectivity index (χ0) is 13.5. The Morgan fingerprint density at radius 3 is 2.89 bits per heavy atom. The topological polar surface area (TPSA) is 59.2 Å². The van der Waals surface area contributed by atoms with Crippen molar-refractivity contribution in [3.63, 3.8) is 0 Å². The first-order valence-electron chi connectivity index (χ1n) is 5.96. The largest absolute Gasteiger partial charge is 0.339 e. The summed E-state index contributed by atoms with van der Waals surface area (Å²) < 4.78 is 0. The van der Waals surface area contributed by atoms with E-state index in [-0.39, 0.29) is 5.91 Å². The van der Waals surface area contributed by atoms with Crippen LogP contribution in [-0.4, -0.2) is 40.9 Å². The summed E-state index contributed by atoms with van der Waals surface area (Å²) in [7, 11) is 1.77. The molecule has 0 radical (unpaired) electrons. The van der Waals surface area contributed by atoms with Gasteiger partial charge < -0.3 is 10.6 Å². The molecule has 1 rings (SSSR count). The molecule has 0 saturated heterocycles. The van der Waals surface area contributed by atoms with Gasteiger partial charge in [-0.05, 0) is 37.5 Å². The van der Waals surface area contributed by atoms with Crippen LogP contribution in [-0.2, 0) is 11.3 Å². The van der Waals surface area contributed by atoms with Crippen LogP contribution in [0.25, 0.3) is 0 Å². The van der Waals surface area contributed by atoms with Gasteiger partial charge in [-0.1, -0.05) is 6.07 Å². The Hall–Kier alpha value is -1.07. The van der Waals surface area contributed by atoms with E-state index in [0.717, 1.165) is 17.1 Å². The Bertz CT molecular complexity index is 398. The number of nitrogens with two attached hydrogens (primary N) is 1. The highest BCUT2D eigenvalue weighted by molar-refractivity contribution is 7.98. The van der Waals surface area contributed by atoms with E-state index >= 15 is 0 Å². The van der Waals surface area contributed by atoms with Gasteiger partial charge >= 0.3 is 0 Å². The van der Waals surface area contributed by atoms with Crippen LogP contribution in [0, 0.1) is 6.92 Å². The third-order valence-corrected chi connectivity index (χ3v) is 3.32. The third kappa shape index (κ3) is 4.66. The van der Waals surface area contributed by atoms with Crippen molar-refractivity contribution in [3.8, 4) is 0 Å². The van der Waals surface area contributed by atoms with E-state index in [9.17, 15) is 4.79 Å². The van der Waals surface area contributed by atoms with Crippen molar-refractivity contribution in [1.29, 1.82) is 0 Å². The Balaban J connectivity index is 2.54. The van der Waals surface area contributed by atoms with Gasteiger partial charge in [0.1, 0.15) is 0 Å². The standard InChI is InChI=1S/C13H21N3OS/c1-10-5-4-6-11(15-10)9-16(2)13(17)12(14)7-8-18-3/h4-6,12H,7-9,14H2,1-3H3/t12-/m1/s1. The lowest BCUT2D eigenvalue weighted by molar-refractivity contribution is -0.131. The highest BCUT2D eigenvalue weighted by Gasteiger charge is 2.17. The van der Waals surface area contributed by atoms with Crippen LogP contribution in [0.1, 0.15) is 17.8 Å². The maximum absolute atomic E-state index is 12.0. The van der Waals surface area contributed by atoms with Crippen molar-refractivity contribution >= 4 is 17.7 Å². The molecule has 0 aliphatic rings. The van der Waals surface area contributed by atoms with Crippen LogP contribution in [0.4, 0.5) is 0 Å². The lowest BCUT2D eigenvalue weighted by atomic mass is 10.2. The summed E-state index contributed by atoms with van der Waals surface area (Å²) in [6, 6.07) is 5.40. The molecule has 0 aromatic carbocycles. The van der Waals surface area contributed by atoms with E-state index in [1.165, 1.54) is 0 Å². The van der Waals surface area contributed by atoms with Gasteiger partial charge in [-0.25, -0.2) is 0 Å². The SMILES string of the molecule is CSCC[C@@H](N)C(=O)N(C)Cc1cccc(C)n1. The number of nitrogens with zero attached hydrogens (tertiary/aromatic N) is 2. The van der Waals surface area contributed by atoms with Gasteiger partial charge in [-0.3, -0.25) is 9.78 Å². The van der Waals surface area contributed by atoms with E-state index in [2.05, 4.69) is 4.98 Å². The summed E-state index contributed by atoms with van der Waals surface area (Å²) in [5, 5.41) is 0. The van der Waals surface area contributed by atoms with Gasteiger partial charge in [-0.2, -0.15) is 11.8 Å².